The topological polar surface area (TPSA) is 25.2 Å². The highest BCUT2D eigenvalue weighted by Crippen LogP contribution is 2.22. The predicted molar refractivity (Wildman–Crippen MR) is 70.0 cm³/mol. The Hall–Kier alpha value is -1.61. The molecule has 96 valence electrons. The second-order valence-electron chi connectivity index (χ2n) is 4.38. The molecule has 2 rings (SSSR count). The lowest BCUT2D eigenvalue weighted by Gasteiger charge is -2.17. The minimum atomic E-state index is -0.188. The fourth-order valence-electron chi connectivity index (χ4n) is 2.19. The maximum atomic E-state index is 13.2. The number of hydrogen-bond donors (Lipinski definition) is 1. The highest BCUT2D eigenvalue weighted by molar-refractivity contribution is 5.25. The van der Waals surface area contributed by atoms with Crippen LogP contribution in [0.25, 0.3) is 0 Å². The minimum absolute atomic E-state index is 0.163. The van der Waals surface area contributed by atoms with Crippen molar-refractivity contribution in [3.8, 4) is 0 Å². The van der Waals surface area contributed by atoms with Crippen LogP contribution < -0.4 is 5.32 Å². The second-order valence-corrected chi connectivity index (χ2v) is 4.38. The van der Waals surface area contributed by atoms with Crippen LogP contribution in [-0.4, -0.2) is 6.54 Å². The first-order valence-corrected chi connectivity index (χ1v) is 6.22. The van der Waals surface area contributed by atoms with E-state index in [0.717, 1.165) is 29.9 Å². The van der Waals surface area contributed by atoms with E-state index in [1.54, 1.807) is 18.4 Å². The lowest BCUT2D eigenvalue weighted by molar-refractivity contribution is 0.501. The molecule has 0 aliphatic heterocycles. The van der Waals surface area contributed by atoms with Crippen LogP contribution >= 0.6 is 0 Å². The third-order valence-electron chi connectivity index (χ3n) is 3.05. The Morgan fingerprint density at radius 2 is 2.17 bits per heavy atom. The van der Waals surface area contributed by atoms with E-state index in [0.29, 0.717) is 0 Å². The zero-order valence-corrected chi connectivity index (χ0v) is 10.7. The highest BCUT2D eigenvalue weighted by atomic mass is 19.1. The quantitative estimate of drug-likeness (QED) is 0.873. The molecule has 0 spiro atoms. The molecule has 1 N–H and O–H groups in total. The molecule has 0 fully saturated rings. The van der Waals surface area contributed by atoms with Crippen LogP contribution in [0.4, 0.5) is 4.39 Å². The average Bonchev–Trinajstić information content (AvgIpc) is 2.75. The number of aryl methyl sites for hydroxylation is 1. The van der Waals surface area contributed by atoms with Gasteiger partial charge >= 0.3 is 0 Å². The van der Waals surface area contributed by atoms with Crippen LogP contribution in [0, 0.1) is 12.7 Å². The van der Waals surface area contributed by atoms with Gasteiger partial charge in [-0.15, -0.1) is 0 Å². The van der Waals surface area contributed by atoms with Gasteiger partial charge in [0.1, 0.15) is 11.6 Å². The van der Waals surface area contributed by atoms with Crippen molar-refractivity contribution in [1.82, 2.24) is 5.32 Å². The lowest BCUT2D eigenvalue weighted by atomic mass is 9.99. The Balaban J connectivity index is 2.19. The number of benzene rings is 1. The molecular formula is C15H18FNO. The standard InChI is InChI=1S/C15H18FNO/c1-3-17-15(14-7-8-18-11(14)2)10-12-5-4-6-13(16)9-12/h4-9,15,17H,3,10H2,1-2H3. The van der Waals surface area contributed by atoms with E-state index in [2.05, 4.69) is 12.2 Å². The molecule has 1 aromatic heterocycles. The normalized spacial score (nSPS) is 12.6. The van der Waals surface area contributed by atoms with E-state index in [4.69, 9.17) is 4.42 Å². The van der Waals surface area contributed by atoms with Gasteiger partial charge in [0.25, 0.3) is 0 Å². The van der Waals surface area contributed by atoms with Gasteiger partial charge in [-0.1, -0.05) is 19.1 Å². The summed E-state index contributed by atoms with van der Waals surface area (Å²) in [5, 5.41) is 3.41. The third kappa shape index (κ3) is 2.99. The molecule has 0 radical (unpaired) electrons. The number of likely N-dealkylation sites (N-methyl/N-ethyl adjacent to an activating group) is 1. The van der Waals surface area contributed by atoms with Crippen molar-refractivity contribution >= 4 is 0 Å². The molecule has 1 atom stereocenters. The average molecular weight is 247 g/mol. The van der Waals surface area contributed by atoms with Gasteiger partial charge in [-0.25, -0.2) is 4.39 Å². The SMILES string of the molecule is CCNC(Cc1cccc(F)c1)c1ccoc1C. The first-order valence-electron chi connectivity index (χ1n) is 6.22. The zero-order chi connectivity index (χ0) is 13.0. The third-order valence-corrected chi connectivity index (χ3v) is 3.05. The summed E-state index contributed by atoms with van der Waals surface area (Å²) in [7, 11) is 0. The molecule has 0 amide bonds. The Morgan fingerprint density at radius 1 is 1.33 bits per heavy atom. The molecule has 1 unspecified atom stereocenters. The van der Waals surface area contributed by atoms with Gasteiger partial charge in [-0.3, -0.25) is 0 Å². The van der Waals surface area contributed by atoms with Gasteiger partial charge in [0.2, 0.25) is 0 Å². The van der Waals surface area contributed by atoms with Gasteiger partial charge in [0.15, 0.2) is 0 Å². The Kier molecular flexibility index (Phi) is 4.15. The Labute approximate surface area is 107 Å². The summed E-state index contributed by atoms with van der Waals surface area (Å²) in [6, 6.07) is 8.88. The molecule has 18 heavy (non-hydrogen) atoms. The van der Waals surface area contributed by atoms with Crippen molar-refractivity contribution in [2.24, 2.45) is 0 Å². The number of hydrogen-bond acceptors (Lipinski definition) is 2. The Morgan fingerprint density at radius 3 is 2.78 bits per heavy atom. The van der Waals surface area contributed by atoms with Crippen LogP contribution in [0.1, 0.15) is 29.9 Å². The van der Waals surface area contributed by atoms with Crippen molar-refractivity contribution in [3.05, 3.63) is 59.3 Å². The Bertz CT molecular complexity index is 507. The first kappa shape index (κ1) is 12.8. The highest BCUT2D eigenvalue weighted by Gasteiger charge is 2.15. The van der Waals surface area contributed by atoms with E-state index in [-0.39, 0.29) is 11.9 Å². The summed E-state index contributed by atoms with van der Waals surface area (Å²) >= 11 is 0. The fourth-order valence-corrected chi connectivity index (χ4v) is 2.19. The molecule has 2 aromatic rings. The van der Waals surface area contributed by atoms with Gasteiger partial charge in [-0.2, -0.15) is 0 Å². The monoisotopic (exact) mass is 247 g/mol. The molecule has 0 bridgehead atoms. The predicted octanol–water partition coefficient (Wildman–Crippen LogP) is 3.62. The van der Waals surface area contributed by atoms with Gasteiger partial charge in [-0.05, 0) is 43.7 Å². The van der Waals surface area contributed by atoms with Gasteiger partial charge in [0.05, 0.1) is 6.26 Å². The molecule has 0 aliphatic rings. The van der Waals surface area contributed by atoms with Crippen molar-refractivity contribution in [2.45, 2.75) is 26.3 Å². The summed E-state index contributed by atoms with van der Waals surface area (Å²) in [4.78, 5) is 0. The zero-order valence-electron chi connectivity index (χ0n) is 10.7. The summed E-state index contributed by atoms with van der Waals surface area (Å²) in [5.41, 5.74) is 2.13. The molecule has 2 nitrogen and oxygen atoms in total. The smallest absolute Gasteiger partial charge is 0.123 e. The van der Waals surface area contributed by atoms with E-state index >= 15 is 0 Å². The van der Waals surface area contributed by atoms with Crippen molar-refractivity contribution in [3.63, 3.8) is 0 Å². The fraction of sp³-hybridized carbons (Fsp3) is 0.333. The largest absolute Gasteiger partial charge is 0.469 e. The second kappa shape index (κ2) is 5.83. The molecule has 0 saturated carbocycles. The number of nitrogens with one attached hydrogen (secondary N) is 1. The molecule has 0 aliphatic carbocycles. The minimum Gasteiger partial charge on any atom is -0.469 e. The number of halogens is 1. The summed E-state index contributed by atoms with van der Waals surface area (Å²) in [6.45, 7) is 4.88. The van der Waals surface area contributed by atoms with Gasteiger partial charge < -0.3 is 9.73 Å². The van der Waals surface area contributed by atoms with E-state index in [1.165, 1.54) is 6.07 Å². The van der Waals surface area contributed by atoms with E-state index < -0.39 is 0 Å². The van der Waals surface area contributed by atoms with Crippen molar-refractivity contribution in [1.29, 1.82) is 0 Å². The molecular weight excluding hydrogens is 229 g/mol. The maximum absolute atomic E-state index is 13.2. The van der Waals surface area contributed by atoms with Crippen LogP contribution in [0.2, 0.25) is 0 Å². The summed E-state index contributed by atoms with van der Waals surface area (Å²) in [6.07, 6.45) is 2.45. The van der Waals surface area contributed by atoms with Crippen LogP contribution in [0.3, 0.4) is 0 Å². The summed E-state index contributed by atoms with van der Waals surface area (Å²) in [5.74, 6) is 0.726. The molecule has 0 saturated heterocycles. The summed E-state index contributed by atoms with van der Waals surface area (Å²) < 4.78 is 18.5. The maximum Gasteiger partial charge on any atom is 0.123 e. The molecule has 3 heteroatoms. The van der Waals surface area contributed by atoms with Gasteiger partial charge in [0, 0.05) is 11.6 Å². The van der Waals surface area contributed by atoms with E-state index in [9.17, 15) is 4.39 Å². The first-order chi connectivity index (χ1) is 8.70. The lowest BCUT2D eigenvalue weighted by Crippen LogP contribution is -2.23. The van der Waals surface area contributed by atoms with E-state index in [1.807, 2.05) is 19.1 Å². The van der Waals surface area contributed by atoms with Crippen LogP contribution in [0.5, 0.6) is 0 Å². The van der Waals surface area contributed by atoms with Crippen molar-refractivity contribution in [2.75, 3.05) is 6.54 Å². The molecule has 1 heterocycles. The molecule has 1 aromatic carbocycles. The number of rotatable bonds is 5. The number of furan rings is 1. The van der Waals surface area contributed by atoms with Crippen LogP contribution in [0.15, 0.2) is 41.0 Å². The van der Waals surface area contributed by atoms with Crippen molar-refractivity contribution < 1.29 is 8.81 Å². The van der Waals surface area contributed by atoms with Crippen LogP contribution in [-0.2, 0) is 6.42 Å².